The molecule has 0 atom stereocenters. The molecule has 12 nitrogen and oxygen atoms in total. The van der Waals surface area contributed by atoms with E-state index in [-0.39, 0.29) is 150 Å². The standard InChI is InChI=1S/C18H26FN.C18H29FO3S.2C18H27FO2.CN.CH2O3.3Na/c1-3-5-7-9-15-13-16(10-8-6-4-2)18(19)17(14-15)11-12-20;1-4-6-8-10-15-12-16(11-9-7-5-2)18(19)17(13-15)14-22-23(3,20)21;2*1-3-5-7-9-14-11-15(10-8-6-4-2)18(19)16(12-14)13-17(20)21;1-2;2-1-4-3;;;/h13-14H,3-11H2,1-2H3;12-13H,4-11,14H2,1-3H3;2*11-12H,3-10,13H2,1-2H3,(H,20,21);;1,3H;;;/q;;;;-1;;3*+1/p-2. The number of nitriles is 1. The molecule has 94 heavy (non-hydrogen) atoms. The Bertz CT molecular complexity index is 2730. The smallest absolute Gasteiger partial charge is 0.662 e. The van der Waals surface area contributed by atoms with E-state index < -0.39 is 22.1 Å². The third-order valence-corrected chi connectivity index (χ3v) is 15.6. The zero-order valence-corrected chi connectivity index (χ0v) is 66.4. The number of carbonyl (C=O) groups is 3. The minimum Gasteiger partial charge on any atom is -0.662 e. The molecule has 20 heteroatoms. The summed E-state index contributed by atoms with van der Waals surface area (Å²) in [6.07, 6.45) is 33.3. The van der Waals surface area contributed by atoms with E-state index >= 15 is 0 Å². The van der Waals surface area contributed by atoms with Crippen molar-refractivity contribution in [3.8, 4) is 6.07 Å². The van der Waals surface area contributed by atoms with Crippen molar-refractivity contribution in [2.75, 3.05) is 6.26 Å². The average molecular weight is 1360 g/mol. The first-order valence-corrected chi connectivity index (χ1v) is 35.3. The monoisotopic (exact) mass is 1360 g/mol. The maximum absolute atomic E-state index is 14.6. The first-order valence-electron chi connectivity index (χ1n) is 33.5. The molecule has 0 bridgehead atoms. The van der Waals surface area contributed by atoms with Crippen LogP contribution in [0.3, 0.4) is 0 Å². The molecule has 1 N–H and O–H groups in total. The molecule has 0 aliphatic heterocycles. The van der Waals surface area contributed by atoms with Crippen LogP contribution >= 0.6 is 0 Å². The van der Waals surface area contributed by atoms with Gasteiger partial charge in [0.05, 0.1) is 31.8 Å². The van der Waals surface area contributed by atoms with Crippen molar-refractivity contribution in [3.63, 3.8) is 0 Å². The van der Waals surface area contributed by atoms with Gasteiger partial charge in [-0.15, -0.1) is 0 Å². The number of carboxylic acid groups (broad SMARTS) is 2. The van der Waals surface area contributed by atoms with Crippen LogP contribution in [-0.2, 0) is 111 Å². The summed E-state index contributed by atoms with van der Waals surface area (Å²) in [5.74, 6) is -3.33. The largest absolute Gasteiger partial charge is 1.00 e. The topological polar surface area (TPSA) is 218 Å². The van der Waals surface area contributed by atoms with Gasteiger partial charge in [0.2, 0.25) is 0 Å². The summed E-state index contributed by atoms with van der Waals surface area (Å²) in [6.45, 7) is 21.5. The number of benzene rings is 4. The molecule has 4 aromatic carbocycles. The molecule has 0 saturated heterocycles. The Hall–Kier alpha value is -3.14. The average Bonchev–Trinajstić information content (AvgIpc) is 0.934. The second kappa shape index (κ2) is 64.5. The summed E-state index contributed by atoms with van der Waals surface area (Å²) in [7, 11) is -3.57. The van der Waals surface area contributed by atoms with E-state index in [1.807, 2.05) is 30.3 Å². The molecule has 0 spiro atoms. The number of halogens is 4. The van der Waals surface area contributed by atoms with Crippen molar-refractivity contribution in [1.29, 1.82) is 10.5 Å². The van der Waals surface area contributed by atoms with Gasteiger partial charge < -0.3 is 37.0 Å². The van der Waals surface area contributed by atoms with Crippen molar-refractivity contribution in [2.24, 2.45) is 0 Å². The molecule has 0 saturated carbocycles. The van der Waals surface area contributed by atoms with Gasteiger partial charge in [0, 0.05) is 23.5 Å². The minimum atomic E-state index is -3.57. The van der Waals surface area contributed by atoms with Crippen LogP contribution in [0.2, 0.25) is 0 Å². The number of carboxylic acids is 2. The molecule has 0 unspecified atom stereocenters. The van der Waals surface area contributed by atoms with Gasteiger partial charge >= 0.3 is 94.6 Å². The second-order valence-electron chi connectivity index (χ2n) is 23.2. The zero-order valence-electron chi connectivity index (χ0n) is 59.6. The molecule has 0 aromatic heterocycles. The molecule has 0 fully saturated rings. The van der Waals surface area contributed by atoms with Crippen LogP contribution in [-0.4, -0.2) is 38.2 Å². The Kier molecular flexibility index (Phi) is 68.3. The maximum atomic E-state index is 14.6. The van der Waals surface area contributed by atoms with E-state index in [2.05, 4.69) is 66.3 Å². The van der Waals surface area contributed by atoms with E-state index in [0.29, 0.717) is 52.6 Å². The van der Waals surface area contributed by atoms with Gasteiger partial charge in [0.25, 0.3) is 16.6 Å². The van der Waals surface area contributed by atoms with E-state index in [9.17, 15) is 40.7 Å². The summed E-state index contributed by atoms with van der Waals surface area (Å²) in [4.78, 5) is 32.9. The first-order chi connectivity index (χ1) is 43.7. The Balaban J connectivity index is -0.000000360. The SMILES string of the molecule is CCCCCc1cc(CC#N)c(F)c(CCCCC)c1.CCCCCc1cc(CCCCC)c(F)c(CC(=O)O)c1.CCCCCc1cc(CCCCC)c(F)c(CC(=O)[O-])c1.CCCCCc1cc(CCCCC)c(F)c(COS(C)(=O)=O)c1.O=CO[O-].[C-]#N.[Na+].[Na+].[Na+]. The Labute approximate surface area is 630 Å². The minimum absolute atomic E-state index is 0. The summed E-state index contributed by atoms with van der Waals surface area (Å²) in [5.41, 5.74) is 8.75. The number of carbonyl (C=O) groups excluding carboxylic acids is 2. The number of nitrogens with zero attached hydrogens (tertiary/aromatic N) is 2. The van der Waals surface area contributed by atoms with Crippen molar-refractivity contribution >= 4 is 28.5 Å². The molecule has 512 valence electrons. The molecule has 0 amide bonds. The molecular weight excluding hydrogens is 1250 g/mol. The van der Waals surface area contributed by atoms with Crippen LogP contribution in [0.4, 0.5) is 17.6 Å². The van der Waals surface area contributed by atoms with Gasteiger partial charge in [-0.2, -0.15) is 13.7 Å². The number of hydrogen-bond acceptors (Lipinski definition) is 11. The second-order valence-corrected chi connectivity index (χ2v) is 24.8. The van der Waals surface area contributed by atoms with Gasteiger partial charge in [0.15, 0.2) is 0 Å². The fourth-order valence-corrected chi connectivity index (χ4v) is 10.6. The molecule has 0 aliphatic carbocycles. The predicted octanol–water partition coefficient (Wildman–Crippen LogP) is 8.17. The fraction of sp³-hybridized carbons (Fsp3) is 0.608. The van der Waals surface area contributed by atoms with Gasteiger partial charge in [-0.05, 0) is 158 Å². The van der Waals surface area contributed by atoms with Gasteiger partial charge in [-0.1, -0.05) is 207 Å². The van der Waals surface area contributed by atoms with Crippen LogP contribution in [0.15, 0.2) is 48.5 Å². The Morgan fingerprint density at radius 3 is 0.947 bits per heavy atom. The van der Waals surface area contributed by atoms with E-state index in [0.717, 1.165) is 202 Å². The number of aryl methyl sites for hydroxylation is 8. The number of rotatable bonds is 41. The van der Waals surface area contributed by atoms with Crippen LogP contribution < -0.4 is 99.0 Å². The van der Waals surface area contributed by atoms with Crippen LogP contribution in [0, 0.1) is 46.4 Å². The van der Waals surface area contributed by atoms with Crippen molar-refractivity contribution in [3.05, 3.63) is 145 Å². The van der Waals surface area contributed by atoms with Gasteiger partial charge in [-0.3, -0.25) is 13.8 Å². The van der Waals surface area contributed by atoms with Gasteiger partial charge in [0.1, 0.15) is 23.3 Å². The third kappa shape index (κ3) is 48.6. The first kappa shape index (κ1) is 99.5. The molecule has 4 rings (SSSR count). The molecule has 0 radical (unpaired) electrons. The summed E-state index contributed by atoms with van der Waals surface area (Å²) in [5, 5.41) is 43.2. The number of aliphatic carboxylic acids is 2. The van der Waals surface area contributed by atoms with Crippen LogP contribution in [0.5, 0.6) is 0 Å². The van der Waals surface area contributed by atoms with E-state index in [1.165, 1.54) is 18.4 Å². The molecule has 0 aliphatic rings. The Morgan fingerprint density at radius 2 is 0.702 bits per heavy atom. The van der Waals surface area contributed by atoms with Crippen molar-refractivity contribution < 1.29 is 154 Å². The van der Waals surface area contributed by atoms with E-state index in [1.54, 1.807) is 18.2 Å². The van der Waals surface area contributed by atoms with Gasteiger partial charge in [-0.25, -0.2) is 17.6 Å². The quantitative estimate of drug-likeness (QED) is 0.00651. The van der Waals surface area contributed by atoms with Crippen molar-refractivity contribution in [2.45, 2.75) is 287 Å². The fourth-order valence-electron chi connectivity index (χ4n) is 10.2. The van der Waals surface area contributed by atoms with E-state index in [4.69, 9.17) is 36.4 Å². The number of unbranched alkanes of at least 4 members (excludes halogenated alkanes) is 16. The Morgan fingerprint density at radius 1 is 0.468 bits per heavy atom. The van der Waals surface area contributed by atoms with Crippen LogP contribution in [0.25, 0.3) is 0 Å². The molecular formula is C74H109F4N2Na3O10S. The summed E-state index contributed by atoms with van der Waals surface area (Å²) in [6, 6.07) is 16.9. The van der Waals surface area contributed by atoms with Crippen molar-refractivity contribution in [1.82, 2.24) is 0 Å². The maximum Gasteiger partial charge on any atom is 1.00 e. The molecule has 0 heterocycles. The summed E-state index contributed by atoms with van der Waals surface area (Å²) < 4.78 is 84.7. The zero-order chi connectivity index (χ0) is 68.8. The third-order valence-electron chi connectivity index (χ3n) is 15.0. The normalized spacial score (nSPS) is 10.2. The summed E-state index contributed by atoms with van der Waals surface area (Å²) >= 11 is 0. The predicted molar refractivity (Wildman–Crippen MR) is 353 cm³/mol. The number of hydrogen-bond donors (Lipinski definition) is 1. The van der Waals surface area contributed by atoms with Crippen LogP contribution in [0.1, 0.15) is 276 Å². The molecule has 4 aromatic rings.